The maximum absolute atomic E-state index is 9.10. The number of nitriles is 1. The molecule has 0 radical (unpaired) electrons. The number of anilines is 1. The standard InChI is InChI=1S/C12H12N2S/c1-3-12(2)6-4-5-9-10(12)8(7-13)11(14)15-9/h1H,4-6,14H2,2H3. The second kappa shape index (κ2) is 3.29. The van der Waals surface area contributed by atoms with Gasteiger partial charge in [0.15, 0.2) is 0 Å². The van der Waals surface area contributed by atoms with E-state index in [9.17, 15) is 0 Å². The van der Waals surface area contributed by atoms with Crippen molar-refractivity contribution in [3.63, 3.8) is 0 Å². The molecule has 1 heterocycles. The van der Waals surface area contributed by atoms with E-state index in [1.165, 1.54) is 16.2 Å². The fourth-order valence-corrected chi connectivity index (χ4v) is 3.43. The zero-order valence-electron chi connectivity index (χ0n) is 8.63. The van der Waals surface area contributed by atoms with Gasteiger partial charge < -0.3 is 5.73 Å². The van der Waals surface area contributed by atoms with E-state index in [0.29, 0.717) is 10.6 Å². The van der Waals surface area contributed by atoms with Gasteiger partial charge in [-0.1, -0.05) is 5.92 Å². The number of nitrogen functional groups attached to an aromatic ring is 1. The summed E-state index contributed by atoms with van der Waals surface area (Å²) in [4.78, 5) is 1.20. The van der Waals surface area contributed by atoms with E-state index < -0.39 is 0 Å². The number of rotatable bonds is 0. The predicted octanol–water partition coefficient (Wildman–Crippen LogP) is 2.43. The second-order valence-corrected chi connectivity index (χ2v) is 5.22. The molecule has 0 saturated carbocycles. The maximum Gasteiger partial charge on any atom is 0.104 e. The molecule has 1 aromatic rings. The molecule has 0 aromatic carbocycles. The molecule has 0 amide bonds. The summed E-state index contributed by atoms with van der Waals surface area (Å²) in [7, 11) is 0. The molecular weight excluding hydrogens is 204 g/mol. The van der Waals surface area contributed by atoms with Crippen LogP contribution in [0.5, 0.6) is 0 Å². The molecule has 2 N–H and O–H groups in total. The minimum absolute atomic E-state index is 0.299. The minimum Gasteiger partial charge on any atom is -0.389 e. The van der Waals surface area contributed by atoms with Crippen LogP contribution in [-0.2, 0) is 11.8 Å². The third-order valence-corrected chi connectivity index (χ3v) is 4.15. The van der Waals surface area contributed by atoms with E-state index in [1.807, 2.05) is 6.92 Å². The molecule has 0 fully saturated rings. The molecule has 1 unspecified atom stereocenters. The van der Waals surface area contributed by atoms with E-state index >= 15 is 0 Å². The monoisotopic (exact) mass is 216 g/mol. The first-order valence-electron chi connectivity index (χ1n) is 4.92. The number of hydrogen-bond donors (Lipinski definition) is 1. The summed E-state index contributed by atoms with van der Waals surface area (Å²) in [5, 5.41) is 9.72. The molecule has 1 aliphatic rings. The summed E-state index contributed by atoms with van der Waals surface area (Å²) in [6, 6.07) is 2.18. The van der Waals surface area contributed by atoms with Gasteiger partial charge in [-0.15, -0.1) is 17.8 Å². The highest BCUT2D eigenvalue weighted by atomic mass is 32.1. The van der Waals surface area contributed by atoms with Gasteiger partial charge >= 0.3 is 0 Å². The molecule has 76 valence electrons. The number of terminal acetylenes is 1. The number of nitrogens with two attached hydrogens (primary N) is 1. The lowest BCUT2D eigenvalue weighted by Crippen LogP contribution is -2.25. The Morgan fingerprint density at radius 1 is 1.60 bits per heavy atom. The summed E-state index contributed by atoms with van der Waals surface area (Å²) in [5.41, 5.74) is 7.16. The Hall–Kier alpha value is -1.45. The Kier molecular flexibility index (Phi) is 2.21. The van der Waals surface area contributed by atoms with Gasteiger partial charge in [0.1, 0.15) is 11.1 Å². The van der Waals surface area contributed by atoms with Gasteiger partial charge in [0.05, 0.1) is 11.0 Å². The number of thiophene rings is 1. The van der Waals surface area contributed by atoms with E-state index in [0.717, 1.165) is 24.8 Å². The van der Waals surface area contributed by atoms with Crippen LogP contribution in [0.4, 0.5) is 5.00 Å². The fraction of sp³-hybridized carbons (Fsp3) is 0.417. The van der Waals surface area contributed by atoms with Crippen LogP contribution in [0.25, 0.3) is 0 Å². The average molecular weight is 216 g/mol. The predicted molar refractivity (Wildman–Crippen MR) is 62.6 cm³/mol. The molecule has 1 aliphatic carbocycles. The third-order valence-electron chi connectivity index (χ3n) is 3.07. The number of fused-ring (bicyclic) bond motifs is 1. The molecule has 3 heteroatoms. The highest BCUT2D eigenvalue weighted by Gasteiger charge is 2.35. The topological polar surface area (TPSA) is 49.8 Å². The molecule has 2 nitrogen and oxygen atoms in total. The highest BCUT2D eigenvalue weighted by Crippen LogP contribution is 2.44. The summed E-state index contributed by atoms with van der Waals surface area (Å²) in [6.07, 6.45) is 8.62. The summed E-state index contributed by atoms with van der Waals surface area (Å²) in [5.74, 6) is 2.82. The molecular formula is C12H12N2S. The Bertz CT molecular complexity index is 487. The Labute approximate surface area is 93.7 Å². The first kappa shape index (κ1) is 10.1. The van der Waals surface area contributed by atoms with Crippen molar-refractivity contribution < 1.29 is 0 Å². The zero-order chi connectivity index (χ0) is 11.1. The van der Waals surface area contributed by atoms with E-state index in [-0.39, 0.29) is 5.41 Å². The van der Waals surface area contributed by atoms with Crippen molar-refractivity contribution >= 4 is 16.3 Å². The molecule has 0 aliphatic heterocycles. The first-order valence-corrected chi connectivity index (χ1v) is 5.73. The molecule has 0 spiro atoms. The Balaban J connectivity index is 2.71. The van der Waals surface area contributed by atoms with Crippen LogP contribution in [0.1, 0.15) is 35.8 Å². The summed E-state index contributed by atoms with van der Waals surface area (Å²) in [6.45, 7) is 2.03. The van der Waals surface area contributed by atoms with E-state index in [2.05, 4.69) is 12.0 Å². The second-order valence-electron chi connectivity index (χ2n) is 4.08. The van der Waals surface area contributed by atoms with Gasteiger partial charge in [-0.2, -0.15) is 5.26 Å². The molecule has 15 heavy (non-hydrogen) atoms. The smallest absolute Gasteiger partial charge is 0.104 e. The van der Waals surface area contributed by atoms with Crippen LogP contribution in [0, 0.1) is 23.7 Å². The lowest BCUT2D eigenvalue weighted by molar-refractivity contribution is 0.502. The van der Waals surface area contributed by atoms with Gasteiger partial charge in [0.2, 0.25) is 0 Å². The van der Waals surface area contributed by atoms with Gasteiger partial charge in [0, 0.05) is 10.4 Å². The number of nitrogens with zero attached hydrogens (tertiary/aromatic N) is 1. The number of hydrogen-bond acceptors (Lipinski definition) is 3. The Morgan fingerprint density at radius 3 is 2.93 bits per heavy atom. The maximum atomic E-state index is 9.10. The van der Waals surface area contributed by atoms with Crippen LogP contribution in [0.15, 0.2) is 0 Å². The van der Waals surface area contributed by atoms with Crippen LogP contribution < -0.4 is 5.73 Å². The van der Waals surface area contributed by atoms with Crippen molar-refractivity contribution in [1.82, 2.24) is 0 Å². The quantitative estimate of drug-likeness (QED) is 0.677. The van der Waals surface area contributed by atoms with Crippen LogP contribution >= 0.6 is 11.3 Å². The van der Waals surface area contributed by atoms with Gasteiger partial charge in [-0.05, 0) is 26.2 Å². The van der Waals surface area contributed by atoms with Crippen molar-refractivity contribution in [3.05, 3.63) is 16.0 Å². The van der Waals surface area contributed by atoms with Gasteiger partial charge in [-0.3, -0.25) is 0 Å². The largest absolute Gasteiger partial charge is 0.389 e. The molecule has 0 saturated heterocycles. The third kappa shape index (κ3) is 1.32. The van der Waals surface area contributed by atoms with Crippen molar-refractivity contribution in [2.24, 2.45) is 0 Å². The first-order chi connectivity index (χ1) is 7.12. The fourth-order valence-electron chi connectivity index (χ4n) is 2.24. The molecule has 1 atom stereocenters. The highest BCUT2D eigenvalue weighted by molar-refractivity contribution is 7.16. The molecule has 1 aromatic heterocycles. The van der Waals surface area contributed by atoms with Crippen molar-refractivity contribution in [3.8, 4) is 18.4 Å². The molecule has 0 bridgehead atoms. The lowest BCUT2D eigenvalue weighted by Gasteiger charge is -2.29. The summed E-state index contributed by atoms with van der Waals surface area (Å²) < 4.78 is 0. The SMILES string of the molecule is C#CC1(C)CCCc2sc(N)c(C#N)c21. The van der Waals surface area contributed by atoms with Crippen molar-refractivity contribution in [1.29, 1.82) is 5.26 Å². The van der Waals surface area contributed by atoms with Crippen LogP contribution in [0.3, 0.4) is 0 Å². The number of aryl methyl sites for hydroxylation is 1. The van der Waals surface area contributed by atoms with Crippen LogP contribution in [0.2, 0.25) is 0 Å². The van der Waals surface area contributed by atoms with Gasteiger partial charge in [-0.25, -0.2) is 0 Å². The van der Waals surface area contributed by atoms with Crippen molar-refractivity contribution in [2.75, 3.05) is 5.73 Å². The summed E-state index contributed by atoms with van der Waals surface area (Å²) >= 11 is 1.52. The normalized spacial score (nSPS) is 23.9. The van der Waals surface area contributed by atoms with E-state index in [1.54, 1.807) is 0 Å². The van der Waals surface area contributed by atoms with Crippen molar-refractivity contribution in [2.45, 2.75) is 31.6 Å². The van der Waals surface area contributed by atoms with Crippen LogP contribution in [-0.4, -0.2) is 0 Å². The van der Waals surface area contributed by atoms with E-state index in [4.69, 9.17) is 17.4 Å². The Morgan fingerprint density at radius 2 is 2.33 bits per heavy atom. The zero-order valence-corrected chi connectivity index (χ0v) is 9.45. The minimum atomic E-state index is -0.299. The average Bonchev–Trinajstić information content (AvgIpc) is 2.55. The molecule has 2 rings (SSSR count). The lowest BCUT2D eigenvalue weighted by atomic mass is 9.73. The van der Waals surface area contributed by atoms with Gasteiger partial charge in [0.25, 0.3) is 0 Å².